The molecule has 2 aromatic carbocycles. The quantitative estimate of drug-likeness (QED) is 0.537. The molecule has 0 bridgehead atoms. The minimum Gasteiger partial charge on any atom is -0.497 e. The Morgan fingerprint density at radius 1 is 1.12 bits per heavy atom. The van der Waals surface area contributed by atoms with Crippen molar-refractivity contribution in [3.05, 3.63) is 67.0 Å². The Kier molecular flexibility index (Phi) is 5.79. The highest BCUT2D eigenvalue weighted by Gasteiger charge is 2.32. The van der Waals surface area contributed by atoms with Crippen molar-refractivity contribution in [1.82, 2.24) is 4.57 Å². The molecule has 1 aromatic heterocycles. The number of ether oxygens (including phenoxy) is 1. The number of methoxy groups -OCH3 is 1. The Hall–Kier alpha value is -3.01. The van der Waals surface area contributed by atoms with E-state index in [1.165, 1.54) is 16.3 Å². The van der Waals surface area contributed by atoms with Crippen LogP contribution in [0.2, 0.25) is 5.02 Å². The monoisotopic (exact) mass is 512 g/mol. The standard InChI is InChI=1S/C24H21ClN4O3S2/c1-5-28-22(31)20(24-27(3)17-12-16(32-4)10-11-18(17)33-24)34-23(28)19-13(2)26-29(21(19)30)15-8-6-14(25)7-9-15/h6-12H,5H2,1-4H3/b23-19?,24-20-. The number of aromatic nitrogens is 1. The molecule has 174 valence electrons. The first kappa shape index (κ1) is 22.8. The van der Waals surface area contributed by atoms with Gasteiger partial charge in [0.25, 0.3) is 11.5 Å². The topological polar surface area (TPSA) is 67.1 Å². The van der Waals surface area contributed by atoms with E-state index in [2.05, 4.69) is 5.10 Å². The number of amides is 1. The molecule has 2 aliphatic rings. The zero-order valence-electron chi connectivity index (χ0n) is 19.0. The Balaban J connectivity index is 1.68. The highest BCUT2D eigenvalue weighted by molar-refractivity contribution is 8.08. The van der Waals surface area contributed by atoms with Gasteiger partial charge in [0.1, 0.15) is 20.0 Å². The van der Waals surface area contributed by atoms with Crippen molar-refractivity contribution in [2.45, 2.75) is 25.3 Å². The van der Waals surface area contributed by atoms with Crippen LogP contribution in [0.3, 0.4) is 0 Å². The van der Waals surface area contributed by atoms with Gasteiger partial charge in [-0.2, -0.15) is 10.1 Å². The molecular weight excluding hydrogens is 492 g/mol. The number of thioether (sulfide) groups is 1. The van der Waals surface area contributed by atoms with Gasteiger partial charge in [0.15, 0.2) is 0 Å². The summed E-state index contributed by atoms with van der Waals surface area (Å²) in [5.41, 5.74) is 2.49. The van der Waals surface area contributed by atoms with Crippen molar-refractivity contribution >= 4 is 68.3 Å². The third-order valence-electron chi connectivity index (χ3n) is 5.74. The third kappa shape index (κ3) is 3.55. The SMILES string of the molecule is CCn1c(=C2C(=O)N(c3ccc(Cl)cc3)N=C2C)s/c(=C2\Sc3ccc(OC)cc3N2C)c1=O. The van der Waals surface area contributed by atoms with Crippen molar-refractivity contribution in [3.8, 4) is 5.75 Å². The summed E-state index contributed by atoms with van der Waals surface area (Å²) < 4.78 is 8.22. The van der Waals surface area contributed by atoms with Crippen LogP contribution in [0.25, 0.3) is 10.6 Å². The van der Waals surface area contributed by atoms with Gasteiger partial charge in [-0.1, -0.05) is 23.4 Å². The number of rotatable bonds is 3. The van der Waals surface area contributed by atoms with Crippen LogP contribution >= 0.6 is 34.7 Å². The second-order valence-electron chi connectivity index (χ2n) is 7.74. The lowest BCUT2D eigenvalue weighted by molar-refractivity contribution is -0.112. The van der Waals surface area contributed by atoms with Gasteiger partial charge < -0.3 is 9.64 Å². The van der Waals surface area contributed by atoms with E-state index in [1.807, 2.05) is 37.1 Å². The number of hydrogen-bond donors (Lipinski definition) is 0. The van der Waals surface area contributed by atoms with Gasteiger partial charge in [-0.3, -0.25) is 14.2 Å². The first-order valence-corrected chi connectivity index (χ1v) is 12.6. The Morgan fingerprint density at radius 3 is 2.53 bits per heavy atom. The fourth-order valence-electron chi connectivity index (χ4n) is 3.98. The molecule has 5 rings (SSSR count). The molecule has 10 heteroatoms. The Labute approximate surface area is 209 Å². The van der Waals surface area contributed by atoms with Crippen molar-refractivity contribution in [1.29, 1.82) is 0 Å². The predicted octanol–water partition coefficient (Wildman–Crippen LogP) is 3.47. The van der Waals surface area contributed by atoms with Crippen LogP contribution in [0.5, 0.6) is 5.75 Å². The summed E-state index contributed by atoms with van der Waals surface area (Å²) in [4.78, 5) is 30.0. The zero-order valence-corrected chi connectivity index (χ0v) is 21.3. The van der Waals surface area contributed by atoms with E-state index in [1.54, 1.807) is 54.6 Å². The number of carbonyl (C=O) groups is 1. The third-order valence-corrected chi connectivity index (χ3v) is 8.54. The van der Waals surface area contributed by atoms with Crippen LogP contribution in [-0.2, 0) is 11.3 Å². The molecule has 1 amide bonds. The van der Waals surface area contributed by atoms with E-state index in [4.69, 9.17) is 16.3 Å². The number of benzene rings is 2. The van der Waals surface area contributed by atoms with E-state index >= 15 is 0 Å². The maximum Gasteiger partial charge on any atom is 0.283 e. The summed E-state index contributed by atoms with van der Waals surface area (Å²) in [6, 6.07) is 12.8. The van der Waals surface area contributed by atoms with Gasteiger partial charge >= 0.3 is 0 Å². The molecule has 3 heterocycles. The first-order valence-electron chi connectivity index (χ1n) is 10.6. The Bertz CT molecular complexity index is 1540. The lowest BCUT2D eigenvalue weighted by Crippen LogP contribution is -2.35. The number of fused-ring (bicyclic) bond motifs is 1. The molecular formula is C24H21ClN4O3S2. The van der Waals surface area contributed by atoms with E-state index in [0.29, 0.717) is 37.7 Å². The second-order valence-corrected chi connectivity index (χ2v) is 10.2. The summed E-state index contributed by atoms with van der Waals surface area (Å²) in [5.74, 6) is 0.492. The lowest BCUT2D eigenvalue weighted by atomic mass is 10.2. The van der Waals surface area contributed by atoms with E-state index < -0.39 is 0 Å². The molecule has 0 spiro atoms. The smallest absolute Gasteiger partial charge is 0.283 e. The first-order chi connectivity index (χ1) is 16.3. The van der Waals surface area contributed by atoms with Gasteiger partial charge in [-0.15, -0.1) is 11.3 Å². The van der Waals surface area contributed by atoms with Crippen LogP contribution in [-0.4, -0.2) is 30.3 Å². The van der Waals surface area contributed by atoms with E-state index in [0.717, 1.165) is 21.4 Å². The van der Waals surface area contributed by atoms with Gasteiger partial charge in [0, 0.05) is 29.6 Å². The molecule has 0 N–H and O–H groups in total. The van der Waals surface area contributed by atoms with Gasteiger partial charge in [0.2, 0.25) is 0 Å². The average molecular weight is 513 g/mol. The number of hydrogen-bond acceptors (Lipinski definition) is 7. The summed E-state index contributed by atoms with van der Waals surface area (Å²) in [6.45, 7) is 4.14. The van der Waals surface area contributed by atoms with Gasteiger partial charge in [0.05, 0.1) is 29.8 Å². The van der Waals surface area contributed by atoms with Gasteiger partial charge in [-0.05, 0) is 50.2 Å². The molecule has 0 saturated heterocycles. The maximum absolute atomic E-state index is 13.5. The molecule has 0 atom stereocenters. The van der Waals surface area contributed by atoms with Crippen LogP contribution in [0.15, 0.2) is 57.3 Å². The number of thiazole rings is 1. The molecule has 0 unspecified atom stereocenters. The number of halogens is 1. The summed E-state index contributed by atoms with van der Waals surface area (Å²) in [6.07, 6.45) is 0. The van der Waals surface area contributed by atoms with Crippen molar-refractivity contribution in [3.63, 3.8) is 0 Å². The fourth-order valence-corrected chi connectivity index (χ4v) is 6.69. The van der Waals surface area contributed by atoms with E-state index in [-0.39, 0.29) is 11.5 Å². The van der Waals surface area contributed by atoms with Crippen LogP contribution in [0, 0.1) is 0 Å². The highest BCUT2D eigenvalue weighted by Crippen LogP contribution is 2.46. The molecule has 0 aliphatic carbocycles. The van der Waals surface area contributed by atoms with Crippen molar-refractivity contribution < 1.29 is 9.53 Å². The molecule has 2 aliphatic heterocycles. The average Bonchev–Trinajstić information content (AvgIpc) is 3.44. The number of nitrogens with zero attached hydrogens (tertiary/aromatic N) is 4. The zero-order chi connectivity index (χ0) is 24.1. The van der Waals surface area contributed by atoms with Crippen LogP contribution in [0.1, 0.15) is 13.8 Å². The normalized spacial score (nSPS) is 18.5. The number of carbonyl (C=O) groups excluding carboxylic acids is 1. The summed E-state index contributed by atoms with van der Waals surface area (Å²) >= 11 is 8.87. The largest absolute Gasteiger partial charge is 0.497 e. The highest BCUT2D eigenvalue weighted by atomic mass is 35.5. The minimum atomic E-state index is -0.264. The molecule has 7 nitrogen and oxygen atoms in total. The van der Waals surface area contributed by atoms with E-state index in [9.17, 15) is 9.59 Å². The van der Waals surface area contributed by atoms with Gasteiger partial charge in [-0.25, -0.2) is 0 Å². The predicted molar refractivity (Wildman–Crippen MR) is 140 cm³/mol. The molecule has 0 saturated carbocycles. The molecule has 34 heavy (non-hydrogen) atoms. The number of hydrazone groups is 1. The van der Waals surface area contributed by atoms with Crippen molar-refractivity contribution in [2.24, 2.45) is 5.10 Å². The fraction of sp³-hybridized carbons (Fsp3) is 0.208. The summed E-state index contributed by atoms with van der Waals surface area (Å²) in [5, 5.41) is 7.25. The maximum atomic E-state index is 13.5. The number of anilines is 2. The molecule has 0 radical (unpaired) electrons. The Morgan fingerprint density at radius 2 is 1.85 bits per heavy atom. The molecule has 3 aromatic rings. The molecule has 0 fully saturated rings. The second kappa shape index (κ2) is 8.65. The van der Waals surface area contributed by atoms with Crippen LogP contribution in [0.4, 0.5) is 11.4 Å². The lowest BCUT2D eigenvalue weighted by Gasteiger charge is -2.13. The van der Waals surface area contributed by atoms with Crippen LogP contribution < -0.4 is 29.4 Å². The summed E-state index contributed by atoms with van der Waals surface area (Å²) in [7, 11) is 3.57. The minimum absolute atomic E-state index is 0.116. The van der Waals surface area contributed by atoms with Crippen molar-refractivity contribution in [2.75, 3.05) is 24.1 Å².